The third kappa shape index (κ3) is 1.95. The maximum Gasteiger partial charge on any atom is 0.308 e. The largest absolute Gasteiger partial charge is 0.481 e. The van der Waals surface area contributed by atoms with Crippen LogP contribution in [0.1, 0.15) is 13.3 Å². The first kappa shape index (κ1) is 11.1. The SMILES string of the molecule is CC(C(=O)N1CCC(C(=O)O)C1)=C1CNC1. The highest BCUT2D eigenvalue weighted by molar-refractivity contribution is 5.94. The number of nitrogens with zero attached hydrogens (tertiary/aromatic N) is 1. The molecule has 2 N–H and O–H groups in total. The summed E-state index contributed by atoms with van der Waals surface area (Å²) in [6.07, 6.45) is 0.571. The molecule has 5 nitrogen and oxygen atoms in total. The van der Waals surface area contributed by atoms with E-state index >= 15 is 0 Å². The molecule has 2 saturated heterocycles. The van der Waals surface area contributed by atoms with Crippen LogP contribution in [-0.4, -0.2) is 48.1 Å². The van der Waals surface area contributed by atoms with Crippen molar-refractivity contribution in [2.45, 2.75) is 13.3 Å². The molecule has 5 heteroatoms. The van der Waals surface area contributed by atoms with Gasteiger partial charge in [0.1, 0.15) is 0 Å². The molecule has 0 radical (unpaired) electrons. The van der Waals surface area contributed by atoms with Crippen LogP contribution >= 0.6 is 0 Å². The van der Waals surface area contributed by atoms with E-state index < -0.39 is 5.97 Å². The van der Waals surface area contributed by atoms with Crippen LogP contribution in [0, 0.1) is 5.92 Å². The normalized spacial score (nSPS) is 24.2. The van der Waals surface area contributed by atoms with Crippen molar-refractivity contribution in [2.24, 2.45) is 5.92 Å². The Labute approximate surface area is 94.1 Å². The number of hydrogen-bond acceptors (Lipinski definition) is 3. The van der Waals surface area contributed by atoms with E-state index in [-0.39, 0.29) is 11.8 Å². The van der Waals surface area contributed by atoms with Gasteiger partial charge >= 0.3 is 5.97 Å². The molecule has 88 valence electrons. The van der Waals surface area contributed by atoms with Gasteiger partial charge in [0.05, 0.1) is 5.92 Å². The van der Waals surface area contributed by atoms with Crippen LogP contribution in [0.25, 0.3) is 0 Å². The van der Waals surface area contributed by atoms with E-state index in [0.717, 1.165) is 24.2 Å². The van der Waals surface area contributed by atoms with E-state index in [1.165, 1.54) is 0 Å². The van der Waals surface area contributed by atoms with Crippen molar-refractivity contribution in [1.82, 2.24) is 10.2 Å². The average molecular weight is 224 g/mol. The molecule has 1 atom stereocenters. The van der Waals surface area contributed by atoms with Crippen LogP contribution in [0.3, 0.4) is 0 Å². The number of carbonyl (C=O) groups excluding carboxylic acids is 1. The molecule has 2 aliphatic heterocycles. The Morgan fingerprint density at radius 2 is 2.12 bits per heavy atom. The van der Waals surface area contributed by atoms with Crippen molar-refractivity contribution in [3.63, 3.8) is 0 Å². The Balaban J connectivity index is 1.99. The van der Waals surface area contributed by atoms with E-state index in [9.17, 15) is 9.59 Å². The second-order valence-electron chi connectivity index (χ2n) is 4.41. The number of carbonyl (C=O) groups is 2. The topological polar surface area (TPSA) is 69.6 Å². The molecule has 0 bridgehead atoms. The standard InChI is InChI=1S/C11H16N2O3/c1-7(9-4-12-5-9)10(14)13-3-2-8(6-13)11(15)16/h8,12H,2-6H2,1H3,(H,15,16). The van der Waals surface area contributed by atoms with Gasteiger partial charge in [0.2, 0.25) is 5.91 Å². The minimum Gasteiger partial charge on any atom is -0.481 e. The van der Waals surface area contributed by atoms with Crippen molar-refractivity contribution in [1.29, 1.82) is 0 Å². The second-order valence-corrected chi connectivity index (χ2v) is 4.41. The molecule has 0 aromatic carbocycles. The lowest BCUT2D eigenvalue weighted by Crippen LogP contribution is -2.38. The van der Waals surface area contributed by atoms with Crippen molar-refractivity contribution >= 4 is 11.9 Å². The van der Waals surface area contributed by atoms with Gasteiger partial charge in [-0.3, -0.25) is 9.59 Å². The zero-order valence-electron chi connectivity index (χ0n) is 9.32. The number of likely N-dealkylation sites (tertiary alicyclic amines) is 1. The molecule has 0 aromatic rings. The minimum absolute atomic E-state index is 0.000231. The van der Waals surface area contributed by atoms with Crippen LogP contribution in [0.5, 0.6) is 0 Å². The fourth-order valence-electron chi connectivity index (χ4n) is 2.05. The average Bonchev–Trinajstić information content (AvgIpc) is 2.62. The van der Waals surface area contributed by atoms with E-state index in [4.69, 9.17) is 5.11 Å². The summed E-state index contributed by atoms with van der Waals surface area (Å²) in [5.74, 6) is -1.19. The minimum atomic E-state index is -0.800. The van der Waals surface area contributed by atoms with Crippen LogP contribution in [0.2, 0.25) is 0 Å². The first-order chi connectivity index (χ1) is 7.59. The third-order valence-corrected chi connectivity index (χ3v) is 3.35. The Kier molecular flexibility index (Phi) is 2.96. The molecule has 0 aromatic heterocycles. The van der Waals surface area contributed by atoms with Gasteiger partial charge in [-0.25, -0.2) is 0 Å². The summed E-state index contributed by atoms with van der Waals surface area (Å²) in [5.41, 5.74) is 1.92. The van der Waals surface area contributed by atoms with Crippen molar-refractivity contribution in [3.05, 3.63) is 11.1 Å². The van der Waals surface area contributed by atoms with Gasteiger partial charge in [0.25, 0.3) is 0 Å². The lowest BCUT2D eigenvalue weighted by atomic mass is 10.0. The molecule has 1 unspecified atom stereocenters. The van der Waals surface area contributed by atoms with Gasteiger partial charge in [-0.1, -0.05) is 0 Å². The number of aliphatic carboxylic acids is 1. The molecule has 2 fully saturated rings. The molecule has 1 amide bonds. The summed E-state index contributed by atoms with van der Waals surface area (Å²) in [6, 6.07) is 0. The van der Waals surface area contributed by atoms with E-state index in [1.54, 1.807) is 4.90 Å². The molecule has 2 aliphatic rings. The first-order valence-corrected chi connectivity index (χ1v) is 5.51. The van der Waals surface area contributed by atoms with Gasteiger partial charge < -0.3 is 15.3 Å². The van der Waals surface area contributed by atoms with E-state index in [0.29, 0.717) is 19.5 Å². The lowest BCUT2D eigenvalue weighted by molar-refractivity contribution is -0.141. The number of rotatable bonds is 2. The fourth-order valence-corrected chi connectivity index (χ4v) is 2.05. The summed E-state index contributed by atoms with van der Waals surface area (Å²) in [5, 5.41) is 11.9. The molecule has 2 rings (SSSR count). The van der Waals surface area contributed by atoms with Crippen LogP contribution < -0.4 is 5.32 Å². The molecular weight excluding hydrogens is 208 g/mol. The van der Waals surface area contributed by atoms with Crippen LogP contribution in [-0.2, 0) is 9.59 Å². The van der Waals surface area contributed by atoms with Gasteiger partial charge in [0.15, 0.2) is 0 Å². The third-order valence-electron chi connectivity index (χ3n) is 3.35. The Morgan fingerprint density at radius 3 is 2.56 bits per heavy atom. The van der Waals surface area contributed by atoms with E-state index in [1.807, 2.05) is 6.92 Å². The van der Waals surface area contributed by atoms with Gasteiger partial charge in [-0.15, -0.1) is 0 Å². The molecule has 16 heavy (non-hydrogen) atoms. The number of carboxylic acid groups (broad SMARTS) is 1. The Bertz CT molecular complexity index is 356. The highest BCUT2D eigenvalue weighted by Crippen LogP contribution is 2.20. The first-order valence-electron chi connectivity index (χ1n) is 5.51. The summed E-state index contributed by atoms with van der Waals surface area (Å²) in [6.45, 7) is 4.31. The lowest BCUT2D eigenvalue weighted by Gasteiger charge is -2.24. The number of amides is 1. The van der Waals surface area contributed by atoms with Crippen molar-refractivity contribution < 1.29 is 14.7 Å². The zero-order valence-corrected chi connectivity index (χ0v) is 9.32. The summed E-state index contributed by atoms with van der Waals surface area (Å²) in [7, 11) is 0. The Hall–Kier alpha value is -1.36. The van der Waals surface area contributed by atoms with Crippen LogP contribution in [0.4, 0.5) is 0 Å². The van der Waals surface area contributed by atoms with Gasteiger partial charge in [-0.2, -0.15) is 0 Å². The molecule has 2 heterocycles. The van der Waals surface area contributed by atoms with Crippen LogP contribution in [0.15, 0.2) is 11.1 Å². The molecule has 0 spiro atoms. The Morgan fingerprint density at radius 1 is 1.44 bits per heavy atom. The maximum atomic E-state index is 12.0. The number of hydrogen-bond donors (Lipinski definition) is 2. The van der Waals surface area contributed by atoms with Gasteiger partial charge in [-0.05, 0) is 18.9 Å². The smallest absolute Gasteiger partial charge is 0.308 e. The number of carboxylic acids is 1. The van der Waals surface area contributed by atoms with Gasteiger partial charge in [0, 0.05) is 31.8 Å². The summed E-state index contributed by atoms with van der Waals surface area (Å²) >= 11 is 0. The van der Waals surface area contributed by atoms with Crippen molar-refractivity contribution in [3.8, 4) is 0 Å². The molecular formula is C11H16N2O3. The highest BCUT2D eigenvalue weighted by Gasteiger charge is 2.32. The summed E-state index contributed by atoms with van der Waals surface area (Å²) in [4.78, 5) is 24.4. The monoisotopic (exact) mass is 224 g/mol. The fraction of sp³-hybridized carbons (Fsp3) is 0.636. The predicted octanol–water partition coefficient (Wildman–Crippen LogP) is -0.161. The second kappa shape index (κ2) is 4.25. The van der Waals surface area contributed by atoms with Crippen molar-refractivity contribution in [2.75, 3.05) is 26.2 Å². The molecule has 0 saturated carbocycles. The predicted molar refractivity (Wildman–Crippen MR) is 57.9 cm³/mol. The van der Waals surface area contributed by atoms with E-state index in [2.05, 4.69) is 5.32 Å². The summed E-state index contributed by atoms with van der Waals surface area (Å²) < 4.78 is 0. The molecule has 0 aliphatic carbocycles. The number of nitrogens with one attached hydrogen (secondary N) is 1. The quantitative estimate of drug-likeness (QED) is 0.639. The maximum absolute atomic E-state index is 12.0. The zero-order chi connectivity index (χ0) is 11.7. The highest BCUT2D eigenvalue weighted by atomic mass is 16.4.